The van der Waals surface area contributed by atoms with E-state index in [1.165, 1.54) is 5.56 Å². The molecule has 1 saturated heterocycles. The number of hydrogen-bond acceptors (Lipinski definition) is 6. The van der Waals surface area contributed by atoms with Gasteiger partial charge in [0.25, 0.3) is 0 Å². The predicted molar refractivity (Wildman–Crippen MR) is 168 cm³/mol. The minimum absolute atomic E-state index is 0.0914. The van der Waals surface area contributed by atoms with Gasteiger partial charge in [0.15, 0.2) is 11.5 Å². The minimum Gasteiger partial charge on any atom is -0.494 e. The average Bonchev–Trinajstić information content (AvgIpc) is 3.82. The molecule has 3 aromatic carbocycles. The van der Waals surface area contributed by atoms with E-state index in [4.69, 9.17) is 37.4 Å². The third kappa shape index (κ3) is 6.01. The topological polar surface area (TPSA) is 54.5 Å². The molecule has 42 heavy (non-hydrogen) atoms. The largest absolute Gasteiger partial charge is 0.494 e. The number of benzene rings is 3. The summed E-state index contributed by atoms with van der Waals surface area (Å²) in [4.78, 5) is 20.0. The Morgan fingerprint density at radius 3 is 2.45 bits per heavy atom. The zero-order valence-electron chi connectivity index (χ0n) is 24.2. The van der Waals surface area contributed by atoms with Crippen molar-refractivity contribution >= 4 is 40.5 Å². The molecule has 3 aromatic rings. The Morgan fingerprint density at radius 1 is 0.857 bits per heavy atom. The van der Waals surface area contributed by atoms with Gasteiger partial charge in [-0.1, -0.05) is 41.4 Å². The minimum atomic E-state index is 0.0914. The zero-order valence-corrected chi connectivity index (χ0v) is 25.7. The number of halogens is 2. The van der Waals surface area contributed by atoms with Crippen LogP contribution in [-0.2, 0) is 11.3 Å². The molecule has 0 aromatic heterocycles. The number of methoxy groups -OCH3 is 2. The second-order valence-electron chi connectivity index (χ2n) is 11.2. The molecule has 1 aliphatic carbocycles. The van der Waals surface area contributed by atoms with E-state index in [-0.39, 0.29) is 11.8 Å². The molecule has 0 bridgehead atoms. The Labute approximate surface area is 257 Å². The maximum absolute atomic E-state index is 13.3. The lowest BCUT2D eigenvalue weighted by Gasteiger charge is -2.36. The molecule has 3 aliphatic rings. The summed E-state index contributed by atoms with van der Waals surface area (Å²) >= 11 is 12.6. The number of anilines is 2. The highest BCUT2D eigenvalue weighted by Gasteiger charge is 2.51. The second kappa shape index (κ2) is 12.6. The first kappa shape index (κ1) is 29.0. The van der Waals surface area contributed by atoms with Crippen LogP contribution < -0.4 is 24.0 Å². The third-order valence-corrected chi connectivity index (χ3v) is 9.45. The number of nitrogens with zero attached hydrogens (tertiary/aromatic N) is 3. The monoisotopic (exact) mass is 609 g/mol. The summed E-state index contributed by atoms with van der Waals surface area (Å²) in [5.41, 5.74) is 4.21. The van der Waals surface area contributed by atoms with Crippen LogP contribution in [0.2, 0.25) is 10.0 Å². The number of piperazine rings is 1. The fourth-order valence-corrected chi connectivity index (χ4v) is 6.61. The normalized spacial score (nSPS) is 19.8. The second-order valence-corrected chi connectivity index (χ2v) is 12.0. The summed E-state index contributed by atoms with van der Waals surface area (Å²) in [6.45, 7) is 6.04. The van der Waals surface area contributed by atoms with Gasteiger partial charge in [0.05, 0.1) is 48.8 Å². The Bertz CT molecular complexity index is 1440. The lowest BCUT2D eigenvalue weighted by molar-refractivity contribution is -0.120. The zero-order chi connectivity index (χ0) is 29.2. The molecule has 1 amide bonds. The molecule has 1 saturated carbocycles. The number of amides is 1. The molecule has 2 heterocycles. The fourth-order valence-electron chi connectivity index (χ4n) is 6.19. The number of rotatable bonds is 11. The summed E-state index contributed by atoms with van der Waals surface area (Å²) in [5, 5.41) is 1.24. The average molecular weight is 611 g/mol. The van der Waals surface area contributed by atoms with Crippen LogP contribution >= 0.6 is 23.2 Å². The van der Waals surface area contributed by atoms with Crippen molar-refractivity contribution in [3.8, 4) is 17.2 Å². The SMILES string of the molecule is COc1ccc(CN2C(=O)C3CC3c3ccc(OCCCCN4CCN(c5cccc(Cl)c5Cl)CC4)cc32)cc1OC. The number of fused-ring (bicyclic) bond motifs is 3. The lowest BCUT2D eigenvalue weighted by atomic mass is 9.99. The number of carbonyl (C=O) groups excluding carboxylic acids is 1. The maximum atomic E-state index is 13.3. The molecular formula is C33H37Cl2N3O4. The molecule has 0 N–H and O–H groups in total. The van der Waals surface area contributed by atoms with Crippen molar-refractivity contribution < 1.29 is 19.0 Å². The van der Waals surface area contributed by atoms with Gasteiger partial charge in [-0.25, -0.2) is 0 Å². The quantitative estimate of drug-likeness (QED) is 0.227. The highest BCUT2D eigenvalue weighted by atomic mass is 35.5. The van der Waals surface area contributed by atoms with Gasteiger partial charge in [0.1, 0.15) is 5.75 Å². The first-order valence-corrected chi connectivity index (χ1v) is 15.4. The maximum Gasteiger partial charge on any atom is 0.231 e. The van der Waals surface area contributed by atoms with Gasteiger partial charge in [0.2, 0.25) is 5.91 Å². The van der Waals surface area contributed by atoms with Gasteiger partial charge in [-0.05, 0) is 73.2 Å². The number of carbonyl (C=O) groups is 1. The highest BCUT2D eigenvalue weighted by Crippen LogP contribution is 2.56. The van der Waals surface area contributed by atoms with Crippen LogP contribution in [0.3, 0.4) is 0 Å². The van der Waals surface area contributed by atoms with Crippen molar-refractivity contribution in [1.29, 1.82) is 0 Å². The van der Waals surface area contributed by atoms with E-state index in [1.54, 1.807) is 14.2 Å². The standard InChI is InChI=1S/C33H37Cl2N3O4/c1-40-30-11-8-22(18-31(30)41-2)21-38-29-19-23(9-10-24(29)25-20-26(25)33(38)39)42-17-4-3-12-36-13-15-37(16-14-36)28-7-5-6-27(34)32(28)35/h5-11,18-19,25-26H,3-4,12-17,20-21H2,1-2H3. The summed E-state index contributed by atoms with van der Waals surface area (Å²) in [7, 11) is 3.25. The van der Waals surface area contributed by atoms with Crippen molar-refractivity contribution in [3.63, 3.8) is 0 Å². The van der Waals surface area contributed by atoms with E-state index in [2.05, 4.69) is 21.9 Å². The van der Waals surface area contributed by atoms with Gasteiger partial charge < -0.3 is 24.0 Å². The van der Waals surface area contributed by atoms with Gasteiger partial charge >= 0.3 is 0 Å². The van der Waals surface area contributed by atoms with Gasteiger partial charge in [-0.2, -0.15) is 0 Å². The summed E-state index contributed by atoms with van der Waals surface area (Å²) in [5.74, 6) is 2.76. The smallest absolute Gasteiger partial charge is 0.231 e. The lowest BCUT2D eigenvalue weighted by Crippen LogP contribution is -2.46. The molecule has 2 unspecified atom stereocenters. The van der Waals surface area contributed by atoms with E-state index in [9.17, 15) is 4.79 Å². The number of hydrogen-bond donors (Lipinski definition) is 0. The van der Waals surface area contributed by atoms with Crippen molar-refractivity contribution in [2.75, 3.05) is 63.4 Å². The first-order chi connectivity index (χ1) is 20.5. The molecule has 2 aliphatic heterocycles. The third-order valence-electron chi connectivity index (χ3n) is 8.64. The van der Waals surface area contributed by atoms with Gasteiger partial charge in [-0.3, -0.25) is 9.69 Å². The molecule has 9 heteroatoms. The van der Waals surface area contributed by atoms with Crippen LogP contribution in [0.25, 0.3) is 0 Å². The van der Waals surface area contributed by atoms with Crippen molar-refractivity contribution in [3.05, 3.63) is 75.8 Å². The number of unbranched alkanes of at least 4 members (excludes halogenated alkanes) is 1. The van der Waals surface area contributed by atoms with E-state index in [1.807, 2.05) is 47.4 Å². The number of ether oxygens (including phenoxy) is 3. The van der Waals surface area contributed by atoms with E-state index < -0.39 is 0 Å². The molecule has 6 rings (SSSR count). The molecule has 0 spiro atoms. The fraction of sp³-hybridized carbons (Fsp3) is 0.424. The Kier molecular flexibility index (Phi) is 8.70. The van der Waals surface area contributed by atoms with Crippen LogP contribution in [0, 0.1) is 5.92 Å². The van der Waals surface area contributed by atoms with Crippen LogP contribution in [0.1, 0.15) is 36.3 Å². The first-order valence-electron chi connectivity index (χ1n) is 14.7. The Hall–Kier alpha value is -3.13. The highest BCUT2D eigenvalue weighted by molar-refractivity contribution is 6.43. The molecule has 2 fully saturated rings. The predicted octanol–water partition coefficient (Wildman–Crippen LogP) is 6.64. The summed E-state index contributed by atoms with van der Waals surface area (Å²) in [6, 6.07) is 17.9. The van der Waals surface area contributed by atoms with E-state index in [0.29, 0.717) is 40.6 Å². The van der Waals surface area contributed by atoms with Gasteiger partial charge in [0, 0.05) is 38.2 Å². The van der Waals surface area contributed by atoms with Crippen LogP contribution in [0.5, 0.6) is 17.2 Å². The van der Waals surface area contributed by atoms with Crippen molar-refractivity contribution in [1.82, 2.24) is 4.90 Å². The van der Waals surface area contributed by atoms with Crippen molar-refractivity contribution in [2.24, 2.45) is 5.92 Å². The molecule has 0 radical (unpaired) electrons. The summed E-state index contributed by atoms with van der Waals surface area (Å²) in [6.07, 6.45) is 2.96. The van der Waals surface area contributed by atoms with Crippen LogP contribution in [0.4, 0.5) is 11.4 Å². The van der Waals surface area contributed by atoms with E-state index >= 15 is 0 Å². The van der Waals surface area contributed by atoms with Gasteiger partial charge in [-0.15, -0.1) is 0 Å². The van der Waals surface area contributed by atoms with Crippen molar-refractivity contribution in [2.45, 2.75) is 31.7 Å². The van der Waals surface area contributed by atoms with Crippen LogP contribution in [-0.4, -0.2) is 64.4 Å². The van der Waals surface area contributed by atoms with Crippen LogP contribution in [0.15, 0.2) is 54.6 Å². The molecule has 2 atom stereocenters. The van der Waals surface area contributed by atoms with E-state index in [0.717, 1.165) is 74.7 Å². The summed E-state index contributed by atoms with van der Waals surface area (Å²) < 4.78 is 17.0. The molecule has 222 valence electrons. The molecular weight excluding hydrogens is 573 g/mol. The Balaban J connectivity index is 1.01. The Morgan fingerprint density at radius 2 is 1.67 bits per heavy atom. The molecule has 7 nitrogen and oxygen atoms in total.